The minimum absolute atomic E-state index is 0.109. The number of nitrogens with one attached hydrogen (secondary N) is 1. The molecule has 0 aromatic carbocycles. The average molecular weight is 171 g/mol. The fourth-order valence-electron chi connectivity index (χ4n) is 1.40. The molecule has 0 bridgehead atoms. The minimum atomic E-state index is 0.109. The molecule has 72 valence electrons. The summed E-state index contributed by atoms with van der Waals surface area (Å²) in [5.74, 6) is 0.263. The van der Waals surface area contributed by atoms with Crippen LogP contribution in [0.5, 0.6) is 0 Å². The molecular weight excluding hydrogens is 150 g/mol. The van der Waals surface area contributed by atoms with Crippen molar-refractivity contribution in [2.75, 3.05) is 7.05 Å². The molecule has 0 radical (unpaired) electrons. The van der Waals surface area contributed by atoms with Crippen LogP contribution in [-0.2, 0) is 4.79 Å². The van der Waals surface area contributed by atoms with Crippen LogP contribution in [-0.4, -0.2) is 13.0 Å². The van der Waals surface area contributed by atoms with Crippen molar-refractivity contribution >= 4 is 5.91 Å². The van der Waals surface area contributed by atoms with E-state index in [0.717, 1.165) is 12.8 Å². The summed E-state index contributed by atoms with van der Waals surface area (Å²) in [5.41, 5.74) is 0.153. The lowest BCUT2D eigenvalue weighted by Gasteiger charge is -2.32. The first-order valence-electron chi connectivity index (χ1n) is 4.73. The van der Waals surface area contributed by atoms with E-state index in [0.29, 0.717) is 0 Å². The van der Waals surface area contributed by atoms with Crippen LogP contribution in [0.4, 0.5) is 0 Å². The van der Waals surface area contributed by atoms with Gasteiger partial charge in [0.1, 0.15) is 0 Å². The zero-order chi connectivity index (χ0) is 9.78. The molecule has 0 aromatic heterocycles. The molecule has 0 spiro atoms. The van der Waals surface area contributed by atoms with Gasteiger partial charge in [-0.05, 0) is 18.3 Å². The Labute approximate surface area is 75.7 Å². The number of hydrogen-bond donors (Lipinski definition) is 1. The van der Waals surface area contributed by atoms with Gasteiger partial charge in [0.15, 0.2) is 0 Å². The van der Waals surface area contributed by atoms with Gasteiger partial charge in [-0.25, -0.2) is 0 Å². The third kappa shape index (κ3) is 2.23. The maximum Gasteiger partial charge on any atom is 0.223 e. The van der Waals surface area contributed by atoms with Crippen molar-refractivity contribution in [3.8, 4) is 0 Å². The van der Waals surface area contributed by atoms with Crippen LogP contribution in [0.2, 0.25) is 0 Å². The molecule has 2 nitrogen and oxygen atoms in total. The second-order valence-electron chi connectivity index (χ2n) is 3.70. The van der Waals surface area contributed by atoms with Crippen LogP contribution >= 0.6 is 0 Å². The van der Waals surface area contributed by atoms with E-state index in [1.807, 2.05) is 6.92 Å². The Bertz CT molecular complexity index is 150. The van der Waals surface area contributed by atoms with Gasteiger partial charge >= 0.3 is 0 Å². The van der Waals surface area contributed by atoms with E-state index in [2.05, 4.69) is 26.1 Å². The highest BCUT2D eigenvalue weighted by molar-refractivity contribution is 5.78. The predicted octanol–water partition coefficient (Wildman–Crippen LogP) is 2.19. The predicted molar refractivity (Wildman–Crippen MR) is 51.9 cm³/mol. The van der Waals surface area contributed by atoms with Crippen LogP contribution in [0.25, 0.3) is 0 Å². The maximum absolute atomic E-state index is 11.4. The lowest BCUT2D eigenvalue weighted by atomic mass is 9.73. The lowest BCUT2D eigenvalue weighted by molar-refractivity contribution is -0.127. The molecular formula is C10H21NO. The van der Waals surface area contributed by atoms with Gasteiger partial charge in [-0.2, -0.15) is 0 Å². The minimum Gasteiger partial charge on any atom is -0.359 e. The summed E-state index contributed by atoms with van der Waals surface area (Å²) < 4.78 is 0. The van der Waals surface area contributed by atoms with Gasteiger partial charge < -0.3 is 5.32 Å². The summed E-state index contributed by atoms with van der Waals surface area (Å²) >= 11 is 0. The van der Waals surface area contributed by atoms with Crippen LogP contribution in [0.1, 0.15) is 40.5 Å². The highest BCUT2D eigenvalue weighted by Crippen LogP contribution is 2.34. The molecule has 0 fully saturated rings. The number of carbonyl (C=O) groups excluding carboxylic acids is 1. The van der Waals surface area contributed by atoms with E-state index >= 15 is 0 Å². The van der Waals surface area contributed by atoms with Crippen LogP contribution in [0.3, 0.4) is 0 Å². The molecule has 0 aliphatic heterocycles. The zero-order valence-corrected chi connectivity index (χ0v) is 8.90. The van der Waals surface area contributed by atoms with Crippen molar-refractivity contribution in [1.29, 1.82) is 0 Å². The molecule has 0 rings (SSSR count). The fourth-order valence-corrected chi connectivity index (χ4v) is 1.40. The van der Waals surface area contributed by atoms with Crippen molar-refractivity contribution in [2.24, 2.45) is 11.3 Å². The van der Waals surface area contributed by atoms with Crippen LogP contribution in [0.15, 0.2) is 0 Å². The number of carbonyl (C=O) groups is 1. The molecule has 0 aromatic rings. The first-order valence-corrected chi connectivity index (χ1v) is 4.73. The van der Waals surface area contributed by atoms with Crippen LogP contribution in [0, 0.1) is 11.3 Å². The SMILES string of the molecule is CCC(C)(CC)C(C)C(=O)NC. The number of amides is 1. The van der Waals surface area contributed by atoms with Gasteiger partial charge in [-0.3, -0.25) is 4.79 Å². The Balaban J connectivity index is 4.40. The Kier molecular flexibility index (Phi) is 4.29. The Hall–Kier alpha value is -0.530. The average Bonchev–Trinajstić information content (AvgIpc) is 2.14. The monoisotopic (exact) mass is 171 g/mol. The van der Waals surface area contributed by atoms with Gasteiger partial charge in [-0.15, -0.1) is 0 Å². The molecule has 2 heteroatoms. The maximum atomic E-state index is 11.4. The fraction of sp³-hybridized carbons (Fsp3) is 0.900. The number of rotatable bonds is 4. The third-order valence-electron chi connectivity index (χ3n) is 3.30. The summed E-state index contributed by atoms with van der Waals surface area (Å²) in [6.45, 7) is 8.46. The molecule has 12 heavy (non-hydrogen) atoms. The smallest absolute Gasteiger partial charge is 0.223 e. The molecule has 1 N–H and O–H groups in total. The highest BCUT2D eigenvalue weighted by Gasteiger charge is 2.31. The van der Waals surface area contributed by atoms with E-state index < -0.39 is 0 Å². The van der Waals surface area contributed by atoms with E-state index in [4.69, 9.17) is 0 Å². The van der Waals surface area contributed by atoms with Crippen molar-refractivity contribution in [3.05, 3.63) is 0 Å². The molecule has 0 saturated heterocycles. The quantitative estimate of drug-likeness (QED) is 0.690. The summed E-state index contributed by atoms with van der Waals surface area (Å²) in [7, 11) is 1.70. The second kappa shape index (κ2) is 4.48. The summed E-state index contributed by atoms with van der Waals surface area (Å²) in [5, 5.41) is 2.70. The van der Waals surface area contributed by atoms with Crippen molar-refractivity contribution in [3.63, 3.8) is 0 Å². The van der Waals surface area contributed by atoms with E-state index in [1.54, 1.807) is 7.05 Å². The van der Waals surface area contributed by atoms with Gasteiger partial charge in [0.05, 0.1) is 0 Å². The Morgan fingerprint density at radius 2 is 1.83 bits per heavy atom. The molecule has 0 heterocycles. The first-order chi connectivity index (χ1) is 5.51. The standard InChI is InChI=1S/C10H21NO/c1-6-10(4,7-2)8(3)9(12)11-5/h8H,6-7H2,1-5H3,(H,11,12). The molecule has 1 unspecified atom stereocenters. The van der Waals surface area contributed by atoms with Crippen molar-refractivity contribution in [2.45, 2.75) is 40.5 Å². The van der Waals surface area contributed by atoms with Gasteiger partial charge in [0, 0.05) is 13.0 Å². The summed E-state index contributed by atoms with van der Waals surface area (Å²) in [6, 6.07) is 0. The van der Waals surface area contributed by atoms with Crippen LogP contribution < -0.4 is 5.32 Å². The highest BCUT2D eigenvalue weighted by atomic mass is 16.1. The molecule has 0 aliphatic carbocycles. The van der Waals surface area contributed by atoms with E-state index in [9.17, 15) is 4.79 Å². The Morgan fingerprint density at radius 1 is 1.42 bits per heavy atom. The van der Waals surface area contributed by atoms with Gasteiger partial charge in [-0.1, -0.05) is 27.7 Å². The normalized spacial score (nSPS) is 14.1. The van der Waals surface area contributed by atoms with E-state index in [-0.39, 0.29) is 17.2 Å². The number of hydrogen-bond acceptors (Lipinski definition) is 1. The zero-order valence-electron chi connectivity index (χ0n) is 8.90. The molecule has 0 saturated carbocycles. The van der Waals surface area contributed by atoms with Gasteiger partial charge in [0.25, 0.3) is 0 Å². The summed E-state index contributed by atoms with van der Waals surface area (Å²) in [6.07, 6.45) is 2.11. The lowest BCUT2D eigenvalue weighted by Crippen LogP contribution is -2.36. The molecule has 1 amide bonds. The third-order valence-corrected chi connectivity index (χ3v) is 3.30. The molecule has 1 atom stereocenters. The largest absolute Gasteiger partial charge is 0.359 e. The topological polar surface area (TPSA) is 29.1 Å². The summed E-state index contributed by atoms with van der Waals surface area (Å²) in [4.78, 5) is 11.4. The molecule has 0 aliphatic rings. The second-order valence-corrected chi connectivity index (χ2v) is 3.70. The first kappa shape index (κ1) is 11.5. The van der Waals surface area contributed by atoms with Crippen molar-refractivity contribution < 1.29 is 4.79 Å². The van der Waals surface area contributed by atoms with E-state index in [1.165, 1.54) is 0 Å². The Morgan fingerprint density at radius 3 is 2.08 bits per heavy atom. The van der Waals surface area contributed by atoms with Crippen molar-refractivity contribution in [1.82, 2.24) is 5.32 Å². The van der Waals surface area contributed by atoms with Gasteiger partial charge in [0.2, 0.25) is 5.91 Å².